The van der Waals surface area contributed by atoms with Gasteiger partial charge in [0, 0.05) is 19.5 Å². The molecule has 1 amide bonds. The molecule has 0 saturated carbocycles. The lowest BCUT2D eigenvalue weighted by atomic mass is 10.0. The summed E-state index contributed by atoms with van der Waals surface area (Å²) in [5.41, 5.74) is 0.378. The Labute approximate surface area is 173 Å². The number of nitrogens with zero attached hydrogens (tertiary/aromatic N) is 1. The van der Waals surface area contributed by atoms with Gasteiger partial charge in [-0.1, -0.05) is 0 Å². The van der Waals surface area contributed by atoms with E-state index >= 15 is 0 Å². The van der Waals surface area contributed by atoms with Crippen LogP contribution in [0.5, 0.6) is 11.5 Å². The Morgan fingerprint density at radius 3 is 2.57 bits per heavy atom. The molecule has 0 radical (unpaired) electrons. The molecule has 10 heteroatoms. The number of hydrogen-bond acceptors (Lipinski definition) is 9. The second-order valence-electron chi connectivity index (χ2n) is 6.94. The second-order valence-corrected chi connectivity index (χ2v) is 6.94. The minimum absolute atomic E-state index is 0.0190. The first-order valence-electron chi connectivity index (χ1n) is 9.61. The van der Waals surface area contributed by atoms with Crippen molar-refractivity contribution >= 4 is 17.8 Å². The molecule has 164 valence electrons. The van der Waals surface area contributed by atoms with Crippen LogP contribution in [-0.4, -0.2) is 74.8 Å². The summed E-state index contributed by atoms with van der Waals surface area (Å²) in [6.07, 6.45) is -1.84. The van der Waals surface area contributed by atoms with Crippen molar-refractivity contribution < 1.29 is 42.8 Å². The van der Waals surface area contributed by atoms with Gasteiger partial charge in [0.1, 0.15) is 6.10 Å². The van der Waals surface area contributed by atoms with Crippen molar-refractivity contribution in [3.05, 3.63) is 23.8 Å². The molecule has 1 fully saturated rings. The van der Waals surface area contributed by atoms with Crippen LogP contribution >= 0.6 is 0 Å². The molecule has 3 rings (SSSR count). The minimum Gasteiger partial charge on any atom is -0.454 e. The lowest BCUT2D eigenvalue weighted by Crippen LogP contribution is -2.42. The highest BCUT2D eigenvalue weighted by Crippen LogP contribution is 2.33. The van der Waals surface area contributed by atoms with Crippen molar-refractivity contribution in [2.45, 2.75) is 38.7 Å². The average Bonchev–Trinajstić information content (AvgIpc) is 3.15. The number of amides is 1. The van der Waals surface area contributed by atoms with E-state index in [4.69, 9.17) is 28.4 Å². The molecule has 2 unspecified atom stereocenters. The summed E-state index contributed by atoms with van der Waals surface area (Å²) in [6, 6.07) is 4.01. The van der Waals surface area contributed by atoms with Crippen molar-refractivity contribution in [2.24, 2.45) is 0 Å². The van der Waals surface area contributed by atoms with Gasteiger partial charge in [-0.05, 0) is 25.1 Å². The normalized spacial score (nSPS) is 16.9. The SMILES string of the molecule is CC(OC(=O)CCOC1COC1)OC(=O)N(C)C(C)C(=O)c1ccc2c(c1)OCO2. The van der Waals surface area contributed by atoms with Gasteiger partial charge in [0.2, 0.25) is 13.1 Å². The highest BCUT2D eigenvalue weighted by Gasteiger charge is 2.28. The Bertz CT molecular complexity index is 792. The zero-order chi connectivity index (χ0) is 21.7. The summed E-state index contributed by atoms with van der Waals surface area (Å²) in [5.74, 6) is 0.193. The first-order valence-corrected chi connectivity index (χ1v) is 9.61. The van der Waals surface area contributed by atoms with E-state index in [1.165, 1.54) is 14.0 Å². The van der Waals surface area contributed by atoms with Gasteiger partial charge in [0.25, 0.3) is 0 Å². The molecule has 10 nitrogen and oxygen atoms in total. The lowest BCUT2D eigenvalue weighted by molar-refractivity contribution is -0.171. The smallest absolute Gasteiger partial charge is 0.413 e. The van der Waals surface area contributed by atoms with Gasteiger partial charge in [0.15, 0.2) is 17.3 Å². The summed E-state index contributed by atoms with van der Waals surface area (Å²) in [6.45, 7) is 4.36. The first kappa shape index (κ1) is 21.8. The van der Waals surface area contributed by atoms with Crippen LogP contribution in [0, 0.1) is 0 Å². The van der Waals surface area contributed by atoms with Crippen molar-refractivity contribution in [2.75, 3.05) is 33.7 Å². The molecule has 0 bridgehead atoms. The van der Waals surface area contributed by atoms with Crippen molar-refractivity contribution in [1.29, 1.82) is 0 Å². The van der Waals surface area contributed by atoms with Crippen LogP contribution in [0.1, 0.15) is 30.6 Å². The standard InChI is InChI=1S/C20H25NO9/c1-12(19(23)14-4-5-16-17(8-14)28-11-27-16)21(3)20(24)30-13(2)29-18(22)6-7-26-15-9-25-10-15/h4-5,8,12-13,15H,6-7,9-11H2,1-3H3. The van der Waals surface area contributed by atoms with Crippen LogP contribution in [-0.2, 0) is 23.7 Å². The van der Waals surface area contributed by atoms with Crippen molar-refractivity contribution in [3.8, 4) is 11.5 Å². The van der Waals surface area contributed by atoms with Crippen molar-refractivity contribution in [3.63, 3.8) is 0 Å². The van der Waals surface area contributed by atoms with E-state index < -0.39 is 24.4 Å². The molecule has 2 aliphatic rings. The Morgan fingerprint density at radius 2 is 1.87 bits per heavy atom. The topological polar surface area (TPSA) is 110 Å². The number of hydrogen-bond donors (Lipinski definition) is 0. The Hall–Kier alpha value is -2.85. The number of Topliss-reactive ketones (excluding diaryl/α,β-unsaturated/α-hetero) is 1. The van der Waals surface area contributed by atoms with Crippen LogP contribution in [0.25, 0.3) is 0 Å². The third-order valence-corrected chi connectivity index (χ3v) is 4.74. The fraction of sp³-hybridized carbons (Fsp3) is 0.550. The number of likely N-dealkylation sites (N-methyl/N-ethyl adjacent to an activating group) is 1. The molecule has 0 N–H and O–H groups in total. The molecule has 0 spiro atoms. The molecule has 2 atom stereocenters. The predicted molar refractivity (Wildman–Crippen MR) is 101 cm³/mol. The molecule has 0 aromatic heterocycles. The first-order chi connectivity index (χ1) is 14.3. The van der Waals surface area contributed by atoms with E-state index in [-0.39, 0.29) is 31.7 Å². The average molecular weight is 423 g/mol. The summed E-state index contributed by atoms with van der Waals surface area (Å²) < 4.78 is 31.0. The highest BCUT2D eigenvalue weighted by molar-refractivity contribution is 6.01. The molecule has 2 aliphatic heterocycles. The van der Waals surface area contributed by atoms with E-state index in [2.05, 4.69) is 0 Å². The molecule has 0 aliphatic carbocycles. The van der Waals surface area contributed by atoms with Crippen LogP contribution in [0.15, 0.2) is 18.2 Å². The molecule has 1 aromatic rings. The number of rotatable bonds is 9. The highest BCUT2D eigenvalue weighted by atomic mass is 16.7. The van der Waals surface area contributed by atoms with E-state index in [0.29, 0.717) is 30.3 Å². The molecular weight excluding hydrogens is 398 g/mol. The number of carbonyl (C=O) groups is 3. The number of benzene rings is 1. The van der Waals surface area contributed by atoms with Gasteiger partial charge in [-0.25, -0.2) is 4.79 Å². The maximum Gasteiger partial charge on any atom is 0.413 e. The summed E-state index contributed by atoms with van der Waals surface area (Å²) in [4.78, 5) is 38.0. The fourth-order valence-electron chi connectivity index (χ4n) is 2.74. The number of ether oxygens (including phenoxy) is 6. The van der Waals surface area contributed by atoms with E-state index in [9.17, 15) is 14.4 Å². The second kappa shape index (κ2) is 9.77. The zero-order valence-electron chi connectivity index (χ0n) is 17.1. The van der Waals surface area contributed by atoms with E-state index in [0.717, 1.165) is 4.90 Å². The van der Waals surface area contributed by atoms with Crippen LogP contribution in [0.3, 0.4) is 0 Å². The summed E-state index contributed by atoms with van der Waals surface area (Å²) >= 11 is 0. The van der Waals surface area contributed by atoms with Gasteiger partial charge < -0.3 is 33.3 Å². The summed E-state index contributed by atoms with van der Waals surface area (Å²) in [5, 5.41) is 0. The molecule has 1 aromatic carbocycles. The quantitative estimate of drug-likeness (QED) is 0.333. The van der Waals surface area contributed by atoms with E-state index in [1.54, 1.807) is 25.1 Å². The molecular formula is C20H25NO9. The third kappa shape index (κ3) is 5.39. The predicted octanol–water partition coefficient (Wildman–Crippen LogP) is 1.75. The fourth-order valence-corrected chi connectivity index (χ4v) is 2.74. The van der Waals surface area contributed by atoms with E-state index in [1.807, 2.05) is 0 Å². The van der Waals surface area contributed by atoms with Crippen molar-refractivity contribution in [1.82, 2.24) is 4.90 Å². The van der Waals surface area contributed by atoms with Gasteiger partial charge >= 0.3 is 12.1 Å². The number of esters is 1. The number of ketones is 1. The Morgan fingerprint density at radius 1 is 1.13 bits per heavy atom. The monoisotopic (exact) mass is 423 g/mol. The van der Waals surface area contributed by atoms with Crippen LogP contribution in [0.4, 0.5) is 4.79 Å². The molecule has 1 saturated heterocycles. The Kier molecular flexibility index (Phi) is 7.11. The molecule has 2 heterocycles. The van der Waals surface area contributed by atoms with Crippen LogP contribution in [0.2, 0.25) is 0 Å². The van der Waals surface area contributed by atoms with Gasteiger partial charge in [0.05, 0.1) is 32.3 Å². The minimum atomic E-state index is -1.10. The lowest BCUT2D eigenvalue weighted by Gasteiger charge is -2.26. The molecule has 30 heavy (non-hydrogen) atoms. The third-order valence-electron chi connectivity index (χ3n) is 4.74. The van der Waals surface area contributed by atoms with Gasteiger partial charge in [-0.2, -0.15) is 0 Å². The maximum absolute atomic E-state index is 12.7. The van der Waals surface area contributed by atoms with Gasteiger partial charge in [-0.3, -0.25) is 9.59 Å². The number of fused-ring (bicyclic) bond motifs is 1. The summed E-state index contributed by atoms with van der Waals surface area (Å²) in [7, 11) is 1.43. The van der Waals surface area contributed by atoms with Crippen LogP contribution < -0.4 is 9.47 Å². The zero-order valence-corrected chi connectivity index (χ0v) is 17.1. The largest absolute Gasteiger partial charge is 0.454 e. The number of carbonyl (C=O) groups excluding carboxylic acids is 3. The Balaban J connectivity index is 1.44. The maximum atomic E-state index is 12.7. The van der Waals surface area contributed by atoms with Gasteiger partial charge in [-0.15, -0.1) is 0 Å².